The van der Waals surface area contributed by atoms with Crippen LogP contribution in [0.15, 0.2) is 12.2 Å². The highest BCUT2D eigenvalue weighted by atomic mass is 16.5. The highest BCUT2D eigenvalue weighted by Gasteiger charge is 2.71. The molecule has 3 heterocycles. The van der Waals surface area contributed by atoms with E-state index in [-0.39, 0.29) is 35.5 Å². The van der Waals surface area contributed by atoms with Crippen molar-refractivity contribution in [2.24, 2.45) is 17.8 Å². The van der Waals surface area contributed by atoms with Crippen LogP contribution in [0.1, 0.15) is 27.7 Å². The summed E-state index contributed by atoms with van der Waals surface area (Å²) in [5, 5.41) is 2.91. The molecule has 1 spiro atoms. The molecule has 0 aromatic heterocycles. The van der Waals surface area contributed by atoms with Gasteiger partial charge < -0.3 is 10.1 Å². The van der Waals surface area contributed by atoms with Gasteiger partial charge >= 0.3 is 0 Å². The molecule has 0 saturated carbocycles. The van der Waals surface area contributed by atoms with E-state index < -0.39 is 11.2 Å². The van der Waals surface area contributed by atoms with Gasteiger partial charge in [0.25, 0.3) is 0 Å². The van der Waals surface area contributed by atoms with Gasteiger partial charge in [0.05, 0.1) is 23.5 Å². The number of rotatable bonds is 2. The molecule has 0 aromatic carbocycles. The van der Waals surface area contributed by atoms with Crippen molar-refractivity contribution in [2.75, 3.05) is 0 Å². The summed E-state index contributed by atoms with van der Waals surface area (Å²) < 4.78 is 6.12. The minimum atomic E-state index is -0.613. The Morgan fingerprint density at radius 1 is 1.44 bits per heavy atom. The molecular weight excluding hydrogens is 230 g/mol. The van der Waals surface area contributed by atoms with Crippen LogP contribution in [0.3, 0.4) is 0 Å². The molecule has 1 N–H and O–H groups in total. The molecule has 3 rings (SSSR count). The van der Waals surface area contributed by atoms with E-state index >= 15 is 0 Å². The van der Waals surface area contributed by atoms with E-state index in [1.165, 1.54) is 0 Å². The van der Waals surface area contributed by atoms with Gasteiger partial charge in [0.1, 0.15) is 11.4 Å². The Morgan fingerprint density at radius 2 is 2.11 bits per heavy atom. The molecule has 0 aliphatic carbocycles. The third kappa shape index (κ3) is 1.14. The normalized spacial score (nSPS) is 48.7. The lowest BCUT2D eigenvalue weighted by Crippen LogP contribution is -2.44. The summed E-state index contributed by atoms with van der Waals surface area (Å²) in [7, 11) is 0. The van der Waals surface area contributed by atoms with E-state index in [0.717, 1.165) is 0 Å². The number of fused-ring (bicyclic) bond motifs is 1. The predicted molar refractivity (Wildman–Crippen MR) is 65.8 cm³/mol. The van der Waals surface area contributed by atoms with E-state index in [1.807, 2.05) is 39.8 Å². The first-order chi connectivity index (χ1) is 8.32. The maximum atomic E-state index is 12.4. The zero-order valence-electron chi connectivity index (χ0n) is 11.2. The molecule has 4 heteroatoms. The summed E-state index contributed by atoms with van der Waals surface area (Å²) in [4.78, 5) is 24.6. The van der Waals surface area contributed by atoms with Gasteiger partial charge in [-0.25, -0.2) is 0 Å². The summed E-state index contributed by atoms with van der Waals surface area (Å²) in [6, 6.07) is -0.0713. The first-order valence-corrected chi connectivity index (χ1v) is 6.56. The highest BCUT2D eigenvalue weighted by Crippen LogP contribution is 2.57. The number of hydrogen-bond acceptors (Lipinski definition) is 3. The molecule has 0 aromatic rings. The number of hydrogen-bond donors (Lipinski definition) is 1. The summed E-state index contributed by atoms with van der Waals surface area (Å²) >= 11 is 0. The number of nitrogens with one attached hydrogen (secondary N) is 1. The number of Topliss-reactive ketones (excluding diaryl/α,β-unsaturated/α-hetero) is 1. The molecule has 0 radical (unpaired) electrons. The Labute approximate surface area is 107 Å². The first kappa shape index (κ1) is 11.9. The van der Waals surface area contributed by atoms with E-state index in [9.17, 15) is 9.59 Å². The summed E-state index contributed by atoms with van der Waals surface area (Å²) in [6.45, 7) is 7.62. The number of amides is 1. The van der Waals surface area contributed by atoms with Gasteiger partial charge in [-0.2, -0.15) is 0 Å². The van der Waals surface area contributed by atoms with Crippen LogP contribution in [0.4, 0.5) is 0 Å². The molecule has 2 fully saturated rings. The van der Waals surface area contributed by atoms with Gasteiger partial charge in [-0.3, -0.25) is 9.59 Å². The molecule has 2 saturated heterocycles. The number of carbonyl (C=O) groups is 2. The Kier molecular flexibility index (Phi) is 2.14. The Morgan fingerprint density at radius 3 is 2.72 bits per heavy atom. The van der Waals surface area contributed by atoms with E-state index in [4.69, 9.17) is 4.74 Å². The molecule has 1 amide bonds. The van der Waals surface area contributed by atoms with Crippen molar-refractivity contribution in [2.45, 2.75) is 44.9 Å². The average Bonchev–Trinajstić information content (AvgIpc) is 2.83. The fourth-order valence-electron chi connectivity index (χ4n) is 3.75. The molecule has 3 aliphatic heterocycles. The van der Waals surface area contributed by atoms with Crippen LogP contribution in [0.2, 0.25) is 0 Å². The lowest BCUT2D eigenvalue weighted by molar-refractivity contribution is -0.135. The third-order valence-electron chi connectivity index (χ3n) is 4.70. The van der Waals surface area contributed by atoms with E-state index in [1.54, 1.807) is 0 Å². The van der Waals surface area contributed by atoms with Crippen LogP contribution >= 0.6 is 0 Å². The zero-order chi connectivity index (χ0) is 13.3. The van der Waals surface area contributed by atoms with Gasteiger partial charge in [-0.15, -0.1) is 0 Å². The second kappa shape index (κ2) is 3.23. The van der Waals surface area contributed by atoms with Crippen LogP contribution < -0.4 is 5.32 Å². The monoisotopic (exact) mass is 249 g/mol. The Bertz CT molecular complexity index is 470. The van der Waals surface area contributed by atoms with Crippen LogP contribution in [0, 0.1) is 17.8 Å². The maximum Gasteiger partial charge on any atom is 0.227 e. The molecule has 0 unspecified atom stereocenters. The minimum Gasteiger partial charge on any atom is -0.357 e. The van der Waals surface area contributed by atoms with Crippen molar-refractivity contribution in [3.05, 3.63) is 12.2 Å². The second-order valence-electron chi connectivity index (χ2n) is 6.22. The molecule has 18 heavy (non-hydrogen) atoms. The minimum absolute atomic E-state index is 0.0467. The van der Waals surface area contributed by atoms with Crippen LogP contribution in [0.5, 0.6) is 0 Å². The van der Waals surface area contributed by atoms with Crippen molar-refractivity contribution in [3.63, 3.8) is 0 Å². The van der Waals surface area contributed by atoms with Gasteiger partial charge in [0, 0.05) is 5.92 Å². The standard InChI is InChI=1S/C14H19NO3/c1-7(2)11(16)9-10-12(17)15-8(3)14(10)6-5-13(9,4)18-14/h5-10H,1-4H3,(H,15,17)/t8-,9+,10+,13-,14-/m0/s1. The number of carbonyl (C=O) groups excluding carboxylic acids is 2. The predicted octanol–water partition coefficient (Wildman–Crippen LogP) is 1.06. The van der Waals surface area contributed by atoms with E-state index in [0.29, 0.717) is 0 Å². The summed E-state index contributed by atoms with van der Waals surface area (Å²) in [6.07, 6.45) is 3.94. The Balaban J connectivity index is 2.10. The van der Waals surface area contributed by atoms with Crippen molar-refractivity contribution < 1.29 is 14.3 Å². The Hall–Kier alpha value is -1.16. The fourth-order valence-corrected chi connectivity index (χ4v) is 3.75. The highest BCUT2D eigenvalue weighted by molar-refractivity contribution is 5.95. The quantitative estimate of drug-likeness (QED) is 0.744. The van der Waals surface area contributed by atoms with Crippen LogP contribution in [-0.4, -0.2) is 28.9 Å². The molecule has 2 bridgehead atoms. The largest absolute Gasteiger partial charge is 0.357 e. The van der Waals surface area contributed by atoms with Crippen molar-refractivity contribution in [1.82, 2.24) is 5.32 Å². The lowest BCUT2D eigenvalue weighted by atomic mass is 9.67. The molecule has 3 aliphatic rings. The second-order valence-corrected chi connectivity index (χ2v) is 6.22. The molecular formula is C14H19NO3. The van der Waals surface area contributed by atoms with Gasteiger partial charge in [-0.1, -0.05) is 26.0 Å². The zero-order valence-corrected chi connectivity index (χ0v) is 11.2. The van der Waals surface area contributed by atoms with Crippen molar-refractivity contribution in [1.29, 1.82) is 0 Å². The summed E-state index contributed by atoms with van der Waals surface area (Å²) in [5.74, 6) is -0.721. The van der Waals surface area contributed by atoms with E-state index in [2.05, 4.69) is 5.32 Å². The maximum absolute atomic E-state index is 12.4. The van der Waals surface area contributed by atoms with Gasteiger partial charge in [-0.05, 0) is 13.8 Å². The van der Waals surface area contributed by atoms with Crippen molar-refractivity contribution >= 4 is 11.7 Å². The van der Waals surface area contributed by atoms with Crippen molar-refractivity contribution in [3.8, 4) is 0 Å². The number of ketones is 1. The third-order valence-corrected chi connectivity index (χ3v) is 4.70. The molecule has 4 nitrogen and oxygen atoms in total. The molecule has 98 valence electrons. The summed E-state index contributed by atoms with van der Waals surface area (Å²) in [5.41, 5.74) is -1.22. The lowest BCUT2D eigenvalue weighted by Gasteiger charge is -2.29. The first-order valence-electron chi connectivity index (χ1n) is 6.56. The smallest absolute Gasteiger partial charge is 0.227 e. The van der Waals surface area contributed by atoms with Crippen LogP contribution in [0.25, 0.3) is 0 Å². The fraction of sp³-hybridized carbons (Fsp3) is 0.714. The number of ether oxygens (including phenoxy) is 1. The van der Waals surface area contributed by atoms with Crippen LogP contribution in [-0.2, 0) is 14.3 Å². The van der Waals surface area contributed by atoms with Gasteiger partial charge in [0.15, 0.2) is 0 Å². The molecule has 5 atom stereocenters. The SMILES string of the molecule is CC(C)C(=O)[C@H]1[C@@H]2C(=O)N[C@@H](C)[C@@]23C=C[C@]1(C)O3. The topological polar surface area (TPSA) is 55.4 Å². The average molecular weight is 249 g/mol. The van der Waals surface area contributed by atoms with Gasteiger partial charge in [0.2, 0.25) is 5.91 Å².